The quantitative estimate of drug-likeness (QED) is 0.723. The van der Waals surface area contributed by atoms with Crippen molar-refractivity contribution < 1.29 is 14.0 Å². The summed E-state index contributed by atoms with van der Waals surface area (Å²) in [6.45, 7) is 0.623. The van der Waals surface area contributed by atoms with Crippen LogP contribution in [-0.4, -0.2) is 33.8 Å². The van der Waals surface area contributed by atoms with Gasteiger partial charge in [-0.25, -0.2) is 0 Å². The first-order chi connectivity index (χ1) is 11.3. The fourth-order valence-electron chi connectivity index (χ4n) is 2.59. The molecule has 2 heterocycles. The Morgan fingerprint density at radius 2 is 2.04 bits per heavy atom. The highest BCUT2D eigenvalue weighted by atomic mass is 16.5. The zero-order valence-electron chi connectivity index (χ0n) is 12.9. The molecule has 3 aromatic rings. The molecule has 23 heavy (non-hydrogen) atoms. The summed E-state index contributed by atoms with van der Waals surface area (Å²) in [4.78, 5) is 6.48. The van der Waals surface area contributed by atoms with Gasteiger partial charge >= 0.3 is 0 Å². The SMILES string of the molecule is CN(Cc1nc(-c2ccoc2)no1)C(CCO)c1ccccc1. The number of aromatic nitrogens is 2. The zero-order chi connectivity index (χ0) is 16.1. The molecule has 0 aliphatic carbocycles. The Bertz CT molecular complexity index is 710. The van der Waals surface area contributed by atoms with Crippen LogP contribution in [0.5, 0.6) is 0 Å². The Balaban J connectivity index is 1.73. The summed E-state index contributed by atoms with van der Waals surface area (Å²) in [7, 11) is 1.98. The summed E-state index contributed by atoms with van der Waals surface area (Å²) in [6, 6.07) is 12.0. The van der Waals surface area contributed by atoms with Crippen LogP contribution in [0.2, 0.25) is 0 Å². The van der Waals surface area contributed by atoms with Gasteiger partial charge in [-0.3, -0.25) is 4.90 Å². The van der Waals surface area contributed by atoms with Gasteiger partial charge in [0.15, 0.2) is 0 Å². The average Bonchev–Trinajstić information content (AvgIpc) is 3.24. The summed E-state index contributed by atoms with van der Waals surface area (Å²) < 4.78 is 10.3. The number of aliphatic hydroxyl groups is 1. The summed E-state index contributed by atoms with van der Waals surface area (Å²) >= 11 is 0. The number of nitrogens with zero attached hydrogens (tertiary/aromatic N) is 3. The van der Waals surface area contributed by atoms with Gasteiger partial charge in [0.2, 0.25) is 11.7 Å². The molecule has 0 amide bonds. The molecular formula is C17H19N3O3. The molecule has 0 radical (unpaired) electrons. The minimum absolute atomic E-state index is 0.0884. The van der Waals surface area contributed by atoms with Crippen LogP contribution in [0.3, 0.4) is 0 Å². The summed E-state index contributed by atoms with van der Waals surface area (Å²) in [6.07, 6.45) is 3.80. The highest BCUT2D eigenvalue weighted by Gasteiger charge is 2.19. The van der Waals surface area contributed by atoms with Crippen LogP contribution in [0.1, 0.15) is 23.9 Å². The number of rotatable bonds is 7. The van der Waals surface area contributed by atoms with Crippen molar-refractivity contribution in [3.05, 3.63) is 60.4 Å². The van der Waals surface area contributed by atoms with Gasteiger partial charge in [0, 0.05) is 12.6 Å². The topological polar surface area (TPSA) is 75.5 Å². The molecule has 0 saturated carbocycles. The average molecular weight is 313 g/mol. The van der Waals surface area contributed by atoms with Crippen LogP contribution >= 0.6 is 0 Å². The van der Waals surface area contributed by atoms with E-state index in [0.29, 0.717) is 24.7 Å². The van der Waals surface area contributed by atoms with Crippen LogP contribution < -0.4 is 0 Å². The molecule has 3 rings (SSSR count). The number of aliphatic hydroxyl groups excluding tert-OH is 1. The number of benzene rings is 1. The number of hydrogen-bond acceptors (Lipinski definition) is 6. The van der Waals surface area contributed by atoms with Crippen molar-refractivity contribution in [2.45, 2.75) is 19.0 Å². The first-order valence-electron chi connectivity index (χ1n) is 7.49. The van der Waals surface area contributed by atoms with Gasteiger partial charge in [0.1, 0.15) is 6.26 Å². The van der Waals surface area contributed by atoms with Crippen LogP contribution in [0.15, 0.2) is 57.9 Å². The lowest BCUT2D eigenvalue weighted by Crippen LogP contribution is -2.25. The van der Waals surface area contributed by atoms with Gasteiger partial charge in [0.05, 0.1) is 18.4 Å². The van der Waals surface area contributed by atoms with Crippen molar-refractivity contribution in [2.24, 2.45) is 0 Å². The molecule has 6 heteroatoms. The Labute approximate surface area is 134 Å². The maximum Gasteiger partial charge on any atom is 0.241 e. The van der Waals surface area contributed by atoms with Crippen molar-refractivity contribution in [3.8, 4) is 11.4 Å². The molecule has 0 fully saturated rings. The van der Waals surface area contributed by atoms with E-state index in [1.807, 2.05) is 25.2 Å². The van der Waals surface area contributed by atoms with Gasteiger partial charge in [-0.05, 0) is 25.1 Å². The van der Waals surface area contributed by atoms with Gasteiger partial charge in [-0.1, -0.05) is 35.5 Å². The van der Waals surface area contributed by atoms with Gasteiger partial charge < -0.3 is 14.0 Å². The van der Waals surface area contributed by atoms with E-state index < -0.39 is 0 Å². The molecule has 120 valence electrons. The fourth-order valence-corrected chi connectivity index (χ4v) is 2.59. The third-order valence-corrected chi connectivity index (χ3v) is 3.75. The van der Waals surface area contributed by atoms with Gasteiger partial charge in [0.25, 0.3) is 0 Å². The Morgan fingerprint density at radius 1 is 1.22 bits per heavy atom. The first kappa shape index (κ1) is 15.5. The van der Waals surface area contributed by atoms with Crippen LogP contribution in [0, 0.1) is 0 Å². The van der Waals surface area contributed by atoms with E-state index >= 15 is 0 Å². The second-order valence-electron chi connectivity index (χ2n) is 5.38. The van der Waals surface area contributed by atoms with E-state index in [1.165, 1.54) is 0 Å². The van der Waals surface area contributed by atoms with Crippen molar-refractivity contribution in [1.82, 2.24) is 15.0 Å². The molecule has 1 aromatic carbocycles. The second kappa shape index (κ2) is 7.21. The zero-order valence-corrected chi connectivity index (χ0v) is 12.9. The first-order valence-corrected chi connectivity index (χ1v) is 7.49. The van der Waals surface area contributed by atoms with Gasteiger partial charge in [-0.15, -0.1) is 0 Å². The molecule has 2 aromatic heterocycles. The monoisotopic (exact) mass is 313 g/mol. The fraction of sp³-hybridized carbons (Fsp3) is 0.294. The molecule has 0 aliphatic heterocycles. The van der Waals surface area contributed by atoms with E-state index in [9.17, 15) is 5.11 Å². The van der Waals surface area contributed by atoms with Crippen LogP contribution in [-0.2, 0) is 6.54 Å². The molecule has 0 saturated heterocycles. The number of hydrogen-bond donors (Lipinski definition) is 1. The van der Waals surface area contributed by atoms with Crippen LogP contribution in [0.25, 0.3) is 11.4 Å². The molecule has 1 atom stereocenters. The molecule has 6 nitrogen and oxygen atoms in total. The predicted molar refractivity (Wildman–Crippen MR) is 84.4 cm³/mol. The minimum atomic E-state index is 0.0884. The smallest absolute Gasteiger partial charge is 0.241 e. The highest BCUT2D eigenvalue weighted by molar-refractivity contribution is 5.51. The van der Waals surface area contributed by atoms with Gasteiger partial charge in [-0.2, -0.15) is 4.98 Å². The molecule has 0 spiro atoms. The van der Waals surface area contributed by atoms with E-state index in [4.69, 9.17) is 8.94 Å². The lowest BCUT2D eigenvalue weighted by atomic mass is 10.0. The third kappa shape index (κ3) is 3.67. The van der Waals surface area contributed by atoms with Crippen molar-refractivity contribution in [3.63, 3.8) is 0 Å². The minimum Gasteiger partial charge on any atom is -0.472 e. The number of furan rings is 1. The largest absolute Gasteiger partial charge is 0.472 e. The molecule has 1 unspecified atom stereocenters. The van der Waals surface area contributed by atoms with E-state index in [-0.39, 0.29) is 12.6 Å². The normalized spacial score (nSPS) is 12.7. The second-order valence-corrected chi connectivity index (χ2v) is 5.38. The van der Waals surface area contributed by atoms with E-state index in [0.717, 1.165) is 11.1 Å². The Morgan fingerprint density at radius 3 is 2.74 bits per heavy atom. The van der Waals surface area contributed by atoms with Crippen LogP contribution in [0.4, 0.5) is 0 Å². The lowest BCUT2D eigenvalue weighted by Gasteiger charge is -2.26. The Hall–Kier alpha value is -2.44. The maximum atomic E-state index is 9.35. The molecule has 0 aliphatic rings. The molecular weight excluding hydrogens is 294 g/mol. The maximum absolute atomic E-state index is 9.35. The van der Waals surface area contributed by atoms with E-state index in [1.54, 1.807) is 18.6 Å². The summed E-state index contributed by atoms with van der Waals surface area (Å²) in [5.74, 6) is 1.04. The van der Waals surface area contributed by atoms with E-state index in [2.05, 4.69) is 27.2 Å². The lowest BCUT2D eigenvalue weighted by molar-refractivity contribution is 0.164. The highest BCUT2D eigenvalue weighted by Crippen LogP contribution is 2.24. The Kier molecular flexibility index (Phi) is 4.85. The third-order valence-electron chi connectivity index (χ3n) is 3.75. The van der Waals surface area contributed by atoms with Crippen molar-refractivity contribution in [1.29, 1.82) is 0 Å². The standard InChI is InChI=1S/C17H19N3O3/c1-20(15(7-9-21)13-5-3-2-4-6-13)11-16-18-17(19-23-16)14-8-10-22-12-14/h2-6,8,10,12,15,21H,7,9,11H2,1H3. The molecule has 1 N–H and O–H groups in total. The summed E-state index contributed by atoms with van der Waals surface area (Å²) in [5.41, 5.74) is 1.94. The van der Waals surface area contributed by atoms with Crippen molar-refractivity contribution >= 4 is 0 Å². The molecule has 0 bridgehead atoms. The summed E-state index contributed by atoms with van der Waals surface area (Å²) in [5, 5.41) is 13.3. The predicted octanol–water partition coefficient (Wildman–Crippen LogP) is 2.89. The van der Waals surface area contributed by atoms with Crippen molar-refractivity contribution in [2.75, 3.05) is 13.7 Å².